The second-order valence-corrected chi connectivity index (χ2v) is 6.84. The van der Waals surface area contributed by atoms with Gasteiger partial charge in [0.1, 0.15) is 16.7 Å². The Labute approximate surface area is 143 Å². The molecule has 0 amide bonds. The first-order chi connectivity index (χ1) is 11.5. The Morgan fingerprint density at radius 1 is 1.08 bits per heavy atom. The average Bonchev–Trinajstić information content (AvgIpc) is 2.90. The molecule has 0 aliphatic rings. The van der Waals surface area contributed by atoms with E-state index in [0.717, 1.165) is 22.3 Å². The number of hydrogen-bond acceptors (Lipinski definition) is 3. The number of halogens is 2. The molecule has 0 radical (unpaired) electrons. The smallest absolute Gasteiger partial charge is 0.127 e. The molecule has 124 valence electrons. The molecule has 0 bridgehead atoms. The minimum Gasteiger partial charge on any atom is -0.321 e. The maximum atomic E-state index is 13.5. The fourth-order valence-corrected chi connectivity index (χ4v) is 3.58. The third-order valence-corrected chi connectivity index (χ3v) is 4.62. The molecule has 0 spiro atoms. The molecule has 3 aromatic rings. The zero-order chi connectivity index (χ0) is 17.1. The summed E-state index contributed by atoms with van der Waals surface area (Å²) in [6.07, 6.45) is 5.25. The minimum atomic E-state index is -0.580. The fraction of sp³-hybridized carbons (Fsp3) is 0.222. The van der Waals surface area contributed by atoms with Crippen LogP contribution >= 0.6 is 11.8 Å². The van der Waals surface area contributed by atoms with Gasteiger partial charge in [0.15, 0.2) is 0 Å². The van der Waals surface area contributed by atoms with E-state index in [2.05, 4.69) is 23.8 Å². The fourth-order valence-electron chi connectivity index (χ4n) is 2.39. The van der Waals surface area contributed by atoms with Crippen molar-refractivity contribution in [3.05, 3.63) is 71.9 Å². The summed E-state index contributed by atoms with van der Waals surface area (Å²) in [4.78, 5) is 9.03. The zero-order valence-corrected chi connectivity index (χ0v) is 14.2. The van der Waals surface area contributed by atoms with Crippen LogP contribution in [-0.4, -0.2) is 14.5 Å². The maximum Gasteiger partial charge on any atom is 0.127 e. The first kappa shape index (κ1) is 16.6. The van der Waals surface area contributed by atoms with E-state index in [1.54, 1.807) is 18.7 Å². The van der Waals surface area contributed by atoms with E-state index < -0.39 is 11.6 Å². The topological polar surface area (TPSA) is 30.7 Å². The van der Waals surface area contributed by atoms with Crippen molar-refractivity contribution in [3.63, 3.8) is 0 Å². The van der Waals surface area contributed by atoms with Crippen molar-refractivity contribution in [1.29, 1.82) is 0 Å². The van der Waals surface area contributed by atoms with Gasteiger partial charge in [0.2, 0.25) is 0 Å². The molecular weight excluding hydrogens is 328 g/mol. The Hall–Kier alpha value is -2.21. The van der Waals surface area contributed by atoms with Crippen molar-refractivity contribution in [1.82, 2.24) is 14.5 Å². The molecule has 24 heavy (non-hydrogen) atoms. The van der Waals surface area contributed by atoms with Gasteiger partial charge >= 0.3 is 0 Å². The summed E-state index contributed by atoms with van der Waals surface area (Å²) in [7, 11) is 0. The maximum absolute atomic E-state index is 13.5. The highest BCUT2D eigenvalue weighted by Crippen LogP contribution is 2.34. The molecule has 2 aromatic heterocycles. The van der Waals surface area contributed by atoms with Gasteiger partial charge in [-0.2, -0.15) is 0 Å². The lowest BCUT2D eigenvalue weighted by molar-refractivity contribution is 0.577. The molecule has 3 nitrogen and oxygen atoms in total. The van der Waals surface area contributed by atoms with E-state index in [1.165, 1.54) is 23.9 Å². The van der Waals surface area contributed by atoms with Crippen LogP contribution in [0.15, 0.2) is 59.0 Å². The summed E-state index contributed by atoms with van der Waals surface area (Å²) in [5.74, 6) is -0.947. The highest BCUT2D eigenvalue weighted by molar-refractivity contribution is 7.99. The van der Waals surface area contributed by atoms with Gasteiger partial charge in [-0.05, 0) is 35.7 Å². The van der Waals surface area contributed by atoms with Gasteiger partial charge in [0.25, 0.3) is 0 Å². The Bertz CT molecular complexity index is 811. The summed E-state index contributed by atoms with van der Waals surface area (Å²) in [6.45, 7) is 4.73. The number of hydrogen-bond donors (Lipinski definition) is 0. The second kappa shape index (κ2) is 7.13. The monoisotopic (exact) mass is 345 g/mol. The van der Waals surface area contributed by atoms with E-state index in [9.17, 15) is 8.78 Å². The van der Waals surface area contributed by atoms with Gasteiger partial charge in [-0.15, -0.1) is 0 Å². The molecule has 0 aliphatic carbocycles. The van der Waals surface area contributed by atoms with Gasteiger partial charge in [0.05, 0.1) is 12.0 Å². The summed E-state index contributed by atoms with van der Waals surface area (Å²) >= 11 is 1.33. The lowest BCUT2D eigenvalue weighted by atomic mass is 10.1. The zero-order valence-electron chi connectivity index (χ0n) is 13.4. The summed E-state index contributed by atoms with van der Waals surface area (Å²) in [5, 5.41) is 0.895. The van der Waals surface area contributed by atoms with Crippen LogP contribution in [0.5, 0.6) is 0 Å². The van der Waals surface area contributed by atoms with Crippen molar-refractivity contribution in [2.75, 3.05) is 0 Å². The van der Waals surface area contributed by atoms with E-state index in [-0.39, 0.29) is 5.92 Å². The SMILES string of the molecule is CC(C)c1ncn(Cc2ccncc2)c1Sc1cc(F)cc(F)c1. The predicted octanol–water partition coefficient (Wildman–Crippen LogP) is 4.88. The van der Waals surface area contributed by atoms with Gasteiger partial charge in [-0.3, -0.25) is 4.98 Å². The number of pyridine rings is 1. The van der Waals surface area contributed by atoms with Gasteiger partial charge < -0.3 is 4.57 Å². The van der Waals surface area contributed by atoms with E-state index >= 15 is 0 Å². The highest BCUT2D eigenvalue weighted by Gasteiger charge is 2.16. The van der Waals surface area contributed by atoms with Crippen LogP contribution in [0.2, 0.25) is 0 Å². The van der Waals surface area contributed by atoms with Gasteiger partial charge in [-0.1, -0.05) is 25.6 Å². The molecule has 0 atom stereocenters. The van der Waals surface area contributed by atoms with Gasteiger partial charge in [0, 0.05) is 29.9 Å². The predicted molar refractivity (Wildman–Crippen MR) is 90.1 cm³/mol. The van der Waals surface area contributed by atoms with E-state index in [4.69, 9.17) is 0 Å². The van der Waals surface area contributed by atoms with Crippen molar-refractivity contribution in [2.24, 2.45) is 0 Å². The second-order valence-electron chi connectivity index (χ2n) is 5.78. The molecular formula is C18H17F2N3S. The number of aromatic nitrogens is 3. The largest absolute Gasteiger partial charge is 0.321 e. The Morgan fingerprint density at radius 3 is 2.38 bits per heavy atom. The Balaban J connectivity index is 1.96. The molecule has 0 saturated carbocycles. The van der Waals surface area contributed by atoms with E-state index in [1.807, 2.05) is 16.7 Å². The Kier molecular flexibility index (Phi) is 4.94. The quantitative estimate of drug-likeness (QED) is 0.660. The van der Waals surface area contributed by atoms with E-state index in [0.29, 0.717) is 11.4 Å². The van der Waals surface area contributed by atoms with Crippen LogP contribution in [0.1, 0.15) is 31.0 Å². The third kappa shape index (κ3) is 3.82. The van der Waals surface area contributed by atoms with Crippen LogP contribution in [0.25, 0.3) is 0 Å². The van der Waals surface area contributed by atoms with Crippen LogP contribution in [0.4, 0.5) is 8.78 Å². The van der Waals surface area contributed by atoms with Crippen LogP contribution in [0, 0.1) is 11.6 Å². The number of nitrogens with zero attached hydrogens (tertiary/aromatic N) is 3. The molecule has 0 unspecified atom stereocenters. The van der Waals surface area contributed by atoms with Gasteiger partial charge in [-0.25, -0.2) is 13.8 Å². The third-order valence-electron chi connectivity index (χ3n) is 3.52. The number of benzene rings is 1. The molecule has 1 aromatic carbocycles. The lowest BCUT2D eigenvalue weighted by Crippen LogP contribution is -2.01. The summed E-state index contributed by atoms with van der Waals surface area (Å²) in [5.41, 5.74) is 2.00. The van der Waals surface area contributed by atoms with Crippen molar-refractivity contribution in [2.45, 2.75) is 36.2 Å². The standard InChI is InChI=1S/C18H17F2N3S/c1-12(2)17-18(24-16-8-14(19)7-15(20)9-16)23(11-22-17)10-13-3-5-21-6-4-13/h3-9,11-12H,10H2,1-2H3. The van der Waals surface area contributed by atoms with Crippen molar-refractivity contribution >= 4 is 11.8 Å². The summed E-state index contributed by atoms with van der Waals surface area (Å²) < 4.78 is 29.0. The molecule has 2 heterocycles. The Morgan fingerprint density at radius 2 is 1.75 bits per heavy atom. The average molecular weight is 345 g/mol. The molecule has 0 N–H and O–H groups in total. The lowest BCUT2D eigenvalue weighted by Gasteiger charge is -2.11. The molecule has 3 rings (SSSR count). The number of imidazole rings is 1. The van der Waals surface area contributed by atoms with Crippen LogP contribution in [0.3, 0.4) is 0 Å². The first-order valence-electron chi connectivity index (χ1n) is 7.61. The molecule has 0 fully saturated rings. The minimum absolute atomic E-state index is 0.213. The van der Waals surface area contributed by atoms with Crippen molar-refractivity contribution in [3.8, 4) is 0 Å². The highest BCUT2D eigenvalue weighted by atomic mass is 32.2. The molecule has 0 aliphatic heterocycles. The molecule has 6 heteroatoms. The van der Waals surface area contributed by atoms with Crippen LogP contribution in [-0.2, 0) is 6.54 Å². The van der Waals surface area contributed by atoms with Crippen molar-refractivity contribution < 1.29 is 8.78 Å². The first-order valence-corrected chi connectivity index (χ1v) is 8.42. The number of rotatable bonds is 5. The molecule has 0 saturated heterocycles. The normalized spacial score (nSPS) is 11.2. The van der Waals surface area contributed by atoms with Crippen LogP contribution < -0.4 is 0 Å². The summed E-state index contributed by atoms with van der Waals surface area (Å²) in [6, 6.07) is 7.42.